The molecule has 37 heavy (non-hydrogen) atoms. The fourth-order valence-corrected chi connectivity index (χ4v) is 5.38. The van der Waals surface area contributed by atoms with Gasteiger partial charge in [0.1, 0.15) is 5.82 Å². The third-order valence-corrected chi connectivity index (χ3v) is 8.16. The van der Waals surface area contributed by atoms with Crippen molar-refractivity contribution in [1.82, 2.24) is 9.55 Å². The SMILES string of the molecule is Cc1cc(C)cc(-c2cc(C(C)C)c(-n3ccnc3-c3ccccc3C(C)(C)C(C)C)c(C(C)C)c2)c1. The summed E-state index contributed by atoms with van der Waals surface area (Å²) in [5.74, 6) is 2.27. The molecule has 0 N–H and O–H groups in total. The summed E-state index contributed by atoms with van der Waals surface area (Å²) in [4.78, 5) is 4.96. The van der Waals surface area contributed by atoms with Crippen molar-refractivity contribution in [1.29, 1.82) is 0 Å². The number of aryl methyl sites for hydroxylation is 2. The van der Waals surface area contributed by atoms with Crippen LogP contribution in [0.2, 0.25) is 0 Å². The van der Waals surface area contributed by atoms with Gasteiger partial charge in [-0.05, 0) is 77.0 Å². The van der Waals surface area contributed by atoms with Crippen LogP contribution in [0, 0.1) is 19.8 Å². The summed E-state index contributed by atoms with van der Waals surface area (Å²) in [7, 11) is 0. The van der Waals surface area contributed by atoms with E-state index in [1.165, 1.54) is 50.2 Å². The standard InChI is InChI=1S/C35H44N2/c1-22(2)30-20-28(27-18-25(7)17-26(8)19-27)21-31(23(3)4)33(30)37-16-15-36-34(37)29-13-11-12-14-32(29)35(9,10)24(5)6/h11-24H,1-10H3. The zero-order chi connectivity index (χ0) is 27.1. The molecule has 0 aliphatic carbocycles. The molecule has 0 amide bonds. The van der Waals surface area contributed by atoms with E-state index in [1.807, 2.05) is 6.20 Å². The number of benzene rings is 3. The number of rotatable bonds is 7. The van der Waals surface area contributed by atoms with Gasteiger partial charge in [-0.2, -0.15) is 0 Å². The van der Waals surface area contributed by atoms with Crippen LogP contribution in [0.25, 0.3) is 28.2 Å². The van der Waals surface area contributed by atoms with Crippen LogP contribution in [-0.4, -0.2) is 9.55 Å². The summed E-state index contributed by atoms with van der Waals surface area (Å²) in [6, 6.07) is 20.5. The number of hydrogen-bond donors (Lipinski definition) is 0. The minimum Gasteiger partial charge on any atom is -0.299 e. The molecule has 0 bridgehead atoms. The highest BCUT2D eigenvalue weighted by Crippen LogP contribution is 2.41. The predicted octanol–water partition coefficient (Wildman–Crippen LogP) is 10.0. The van der Waals surface area contributed by atoms with E-state index in [0.29, 0.717) is 17.8 Å². The maximum absolute atomic E-state index is 4.96. The minimum atomic E-state index is 0.0298. The van der Waals surface area contributed by atoms with Crippen molar-refractivity contribution in [2.24, 2.45) is 5.92 Å². The lowest BCUT2D eigenvalue weighted by molar-refractivity contribution is 0.373. The first-order valence-electron chi connectivity index (χ1n) is 13.8. The van der Waals surface area contributed by atoms with Gasteiger partial charge in [0.25, 0.3) is 0 Å². The molecule has 0 aliphatic heterocycles. The summed E-state index contributed by atoms with van der Waals surface area (Å²) in [5.41, 5.74) is 11.8. The number of hydrogen-bond acceptors (Lipinski definition) is 1. The number of imidazole rings is 1. The Kier molecular flexibility index (Phi) is 7.51. The summed E-state index contributed by atoms with van der Waals surface area (Å²) in [5, 5.41) is 0. The third-order valence-electron chi connectivity index (χ3n) is 8.16. The lowest BCUT2D eigenvalue weighted by Gasteiger charge is -2.32. The van der Waals surface area contributed by atoms with Gasteiger partial charge >= 0.3 is 0 Å². The van der Waals surface area contributed by atoms with Gasteiger partial charge in [-0.3, -0.25) is 4.57 Å². The summed E-state index contributed by atoms with van der Waals surface area (Å²) >= 11 is 0. The third kappa shape index (κ3) is 5.17. The topological polar surface area (TPSA) is 17.8 Å². The van der Waals surface area contributed by atoms with Gasteiger partial charge in [-0.25, -0.2) is 4.98 Å². The Labute approximate surface area is 224 Å². The highest BCUT2D eigenvalue weighted by atomic mass is 15.1. The molecule has 0 unspecified atom stereocenters. The summed E-state index contributed by atoms with van der Waals surface area (Å²) in [6.07, 6.45) is 4.11. The predicted molar refractivity (Wildman–Crippen MR) is 160 cm³/mol. The molecule has 194 valence electrons. The van der Waals surface area contributed by atoms with Crippen LogP contribution in [0.1, 0.15) is 95.0 Å². The number of aromatic nitrogens is 2. The summed E-state index contributed by atoms with van der Waals surface area (Å²) < 4.78 is 2.35. The van der Waals surface area contributed by atoms with Crippen LogP contribution in [0.3, 0.4) is 0 Å². The summed E-state index contributed by atoms with van der Waals surface area (Å²) in [6.45, 7) is 22.9. The van der Waals surface area contributed by atoms with E-state index >= 15 is 0 Å². The first-order valence-corrected chi connectivity index (χ1v) is 13.8. The highest BCUT2D eigenvalue weighted by Gasteiger charge is 2.29. The number of nitrogens with zero attached hydrogens (tertiary/aromatic N) is 2. The Morgan fingerprint density at radius 1 is 0.730 bits per heavy atom. The Morgan fingerprint density at radius 3 is 1.81 bits per heavy atom. The zero-order valence-electron chi connectivity index (χ0n) is 24.5. The lowest BCUT2D eigenvalue weighted by atomic mass is 9.73. The average Bonchev–Trinajstić information content (AvgIpc) is 3.31. The van der Waals surface area contributed by atoms with Gasteiger partial charge in [0.2, 0.25) is 0 Å². The molecule has 2 heteroatoms. The Bertz CT molecular complexity index is 1350. The molecule has 0 aliphatic rings. The van der Waals surface area contributed by atoms with Crippen molar-refractivity contribution >= 4 is 0 Å². The second-order valence-electron chi connectivity index (χ2n) is 12.2. The van der Waals surface area contributed by atoms with Gasteiger partial charge < -0.3 is 0 Å². The van der Waals surface area contributed by atoms with Gasteiger partial charge in [0, 0.05) is 18.0 Å². The molecule has 4 rings (SSSR count). The molecule has 0 saturated heterocycles. The van der Waals surface area contributed by atoms with E-state index < -0.39 is 0 Å². The van der Waals surface area contributed by atoms with E-state index in [0.717, 1.165) is 5.82 Å². The van der Waals surface area contributed by atoms with Gasteiger partial charge in [0.05, 0.1) is 5.69 Å². The van der Waals surface area contributed by atoms with E-state index in [4.69, 9.17) is 4.98 Å². The largest absolute Gasteiger partial charge is 0.299 e. The van der Waals surface area contributed by atoms with Crippen molar-refractivity contribution in [2.45, 2.75) is 86.5 Å². The van der Waals surface area contributed by atoms with Crippen molar-refractivity contribution in [2.75, 3.05) is 0 Å². The van der Waals surface area contributed by atoms with Crippen LogP contribution in [0.15, 0.2) is 67.0 Å². The molecule has 0 radical (unpaired) electrons. The molecule has 4 aromatic rings. The van der Waals surface area contributed by atoms with Crippen LogP contribution in [0.5, 0.6) is 0 Å². The minimum absolute atomic E-state index is 0.0298. The Balaban J connectivity index is 2.00. The Hall–Kier alpha value is -3.13. The van der Waals surface area contributed by atoms with E-state index in [9.17, 15) is 0 Å². The molecule has 0 saturated carbocycles. The van der Waals surface area contributed by atoms with Crippen molar-refractivity contribution in [3.05, 3.63) is 94.8 Å². The maximum atomic E-state index is 4.96. The highest BCUT2D eigenvalue weighted by molar-refractivity contribution is 5.73. The molecule has 0 atom stereocenters. The quantitative estimate of drug-likeness (QED) is 0.251. The molecule has 0 fully saturated rings. The molecule has 1 aromatic heterocycles. The first-order chi connectivity index (χ1) is 17.4. The fourth-order valence-electron chi connectivity index (χ4n) is 5.38. The molecular formula is C35H44N2. The van der Waals surface area contributed by atoms with Crippen LogP contribution in [-0.2, 0) is 5.41 Å². The van der Waals surface area contributed by atoms with Crippen molar-refractivity contribution < 1.29 is 0 Å². The zero-order valence-corrected chi connectivity index (χ0v) is 24.5. The first kappa shape index (κ1) is 26.9. The molecule has 0 spiro atoms. The maximum Gasteiger partial charge on any atom is 0.144 e. The van der Waals surface area contributed by atoms with Crippen LogP contribution in [0.4, 0.5) is 0 Å². The Morgan fingerprint density at radius 2 is 1.27 bits per heavy atom. The normalized spacial score (nSPS) is 12.2. The van der Waals surface area contributed by atoms with Crippen LogP contribution >= 0.6 is 0 Å². The van der Waals surface area contributed by atoms with Crippen molar-refractivity contribution in [3.63, 3.8) is 0 Å². The van der Waals surface area contributed by atoms with Gasteiger partial charge in [-0.1, -0.05) is 109 Å². The molecule has 2 nitrogen and oxygen atoms in total. The van der Waals surface area contributed by atoms with Gasteiger partial charge in [-0.15, -0.1) is 0 Å². The second-order valence-corrected chi connectivity index (χ2v) is 12.2. The average molecular weight is 493 g/mol. The molecule has 1 heterocycles. The molecule has 3 aromatic carbocycles. The smallest absolute Gasteiger partial charge is 0.144 e. The van der Waals surface area contributed by atoms with Crippen molar-refractivity contribution in [3.8, 4) is 28.2 Å². The molecular weight excluding hydrogens is 448 g/mol. The van der Waals surface area contributed by atoms with Gasteiger partial charge in [0.15, 0.2) is 0 Å². The van der Waals surface area contributed by atoms with E-state index in [1.54, 1.807) is 0 Å². The fraction of sp³-hybridized carbons (Fsp3) is 0.400. The lowest BCUT2D eigenvalue weighted by Crippen LogP contribution is -2.25. The second kappa shape index (κ2) is 10.3. The van der Waals surface area contributed by atoms with E-state index in [-0.39, 0.29) is 5.41 Å². The van der Waals surface area contributed by atoms with E-state index in [2.05, 4.69) is 135 Å². The van der Waals surface area contributed by atoms with Crippen LogP contribution < -0.4 is 0 Å². The monoisotopic (exact) mass is 492 g/mol.